The highest BCUT2D eigenvalue weighted by Gasteiger charge is 2.44. The lowest BCUT2D eigenvalue weighted by atomic mass is 9.96. The van der Waals surface area contributed by atoms with Gasteiger partial charge in [-0.1, -0.05) is 146 Å². The van der Waals surface area contributed by atoms with Gasteiger partial charge in [0.1, 0.15) is 6.04 Å². The smallest absolute Gasteiger partial charge is 0.152 e. The number of hydrogen-bond donors (Lipinski definition) is 1. The molecule has 1 N–H and O–H groups in total. The highest BCUT2D eigenvalue weighted by atomic mass is 15.6. The van der Waals surface area contributed by atoms with Crippen molar-refractivity contribution in [3.05, 3.63) is 206 Å². The van der Waals surface area contributed by atoms with E-state index in [1.165, 1.54) is 71.8 Å². The van der Waals surface area contributed by atoms with Gasteiger partial charge in [-0.15, -0.1) is 0 Å². The average Bonchev–Trinajstić information content (AvgIpc) is 3.54. The van der Waals surface area contributed by atoms with Crippen LogP contribution in [0.25, 0.3) is 66.2 Å². The SMILES string of the molecule is c1ccc(Nc2ccc(-c3ccc4c(c3)c3ccc(-c5ccccc5)cc3n4C3C(c4ccccc4)n4c5ccccc5n43)cc2-c2ccccc2)cc1. The third kappa shape index (κ3) is 4.77. The molecule has 0 spiro atoms. The molecule has 2 aromatic heterocycles. The van der Waals surface area contributed by atoms with Crippen molar-refractivity contribution in [3.63, 3.8) is 0 Å². The van der Waals surface area contributed by atoms with Crippen LogP contribution in [0.2, 0.25) is 0 Å². The summed E-state index contributed by atoms with van der Waals surface area (Å²) >= 11 is 0. The van der Waals surface area contributed by atoms with Gasteiger partial charge in [-0.25, -0.2) is 0 Å². The van der Waals surface area contributed by atoms with Crippen molar-refractivity contribution in [2.75, 3.05) is 5.32 Å². The molecule has 11 rings (SSSR count). The van der Waals surface area contributed by atoms with Crippen molar-refractivity contribution >= 4 is 44.2 Å². The van der Waals surface area contributed by atoms with E-state index in [0.717, 1.165) is 11.4 Å². The van der Waals surface area contributed by atoms with E-state index in [-0.39, 0.29) is 12.2 Å². The molecule has 3 heterocycles. The minimum atomic E-state index is 0.0761. The predicted molar refractivity (Wildman–Crippen MR) is 224 cm³/mol. The number of benzene rings is 8. The van der Waals surface area contributed by atoms with Crippen LogP contribution in [0.3, 0.4) is 0 Å². The summed E-state index contributed by atoms with van der Waals surface area (Å²) in [4.78, 5) is 0. The maximum Gasteiger partial charge on any atom is 0.152 e. The third-order valence-corrected chi connectivity index (χ3v) is 11.2. The van der Waals surface area contributed by atoms with Crippen LogP contribution < -0.4 is 5.32 Å². The van der Waals surface area contributed by atoms with Gasteiger partial charge in [-0.2, -0.15) is 0 Å². The first-order chi connectivity index (χ1) is 26.8. The molecule has 1 aliphatic rings. The van der Waals surface area contributed by atoms with Crippen molar-refractivity contribution in [2.45, 2.75) is 12.2 Å². The molecular weight excluding hydrogens is 657 g/mol. The van der Waals surface area contributed by atoms with E-state index in [4.69, 9.17) is 0 Å². The second-order valence-electron chi connectivity index (χ2n) is 14.3. The summed E-state index contributed by atoms with van der Waals surface area (Å²) in [5, 5.41) is 6.20. The lowest BCUT2D eigenvalue weighted by Gasteiger charge is -2.50. The number of para-hydroxylation sites is 3. The predicted octanol–water partition coefficient (Wildman–Crippen LogP) is 12.9. The number of aromatic nitrogens is 3. The molecule has 2 unspecified atom stereocenters. The Morgan fingerprint density at radius 2 is 0.944 bits per heavy atom. The monoisotopic (exact) mass is 692 g/mol. The van der Waals surface area contributed by atoms with E-state index in [1.807, 2.05) is 6.07 Å². The Labute approximate surface area is 313 Å². The maximum atomic E-state index is 3.68. The van der Waals surface area contributed by atoms with Gasteiger partial charge in [0.15, 0.2) is 6.17 Å². The lowest BCUT2D eigenvalue weighted by molar-refractivity contribution is 0.145. The van der Waals surface area contributed by atoms with Crippen LogP contribution in [0.15, 0.2) is 200 Å². The highest BCUT2D eigenvalue weighted by molar-refractivity contribution is 6.10. The molecule has 1 aliphatic heterocycles. The van der Waals surface area contributed by atoms with E-state index in [1.54, 1.807) is 0 Å². The zero-order valence-electron chi connectivity index (χ0n) is 29.5. The summed E-state index contributed by atoms with van der Waals surface area (Å²) in [6.07, 6.45) is 0.0761. The van der Waals surface area contributed by atoms with Gasteiger partial charge in [0.2, 0.25) is 0 Å². The highest BCUT2D eigenvalue weighted by Crippen LogP contribution is 2.50. The number of fused-ring (bicyclic) bond motifs is 7. The molecule has 0 saturated heterocycles. The Morgan fingerprint density at radius 1 is 0.370 bits per heavy atom. The summed E-state index contributed by atoms with van der Waals surface area (Å²) in [5.74, 6) is 0. The molecule has 10 aromatic rings. The van der Waals surface area contributed by atoms with Crippen LogP contribution >= 0.6 is 0 Å². The largest absolute Gasteiger partial charge is 0.355 e. The number of rotatable bonds is 7. The van der Waals surface area contributed by atoms with Crippen molar-refractivity contribution in [1.82, 2.24) is 13.9 Å². The van der Waals surface area contributed by atoms with E-state index >= 15 is 0 Å². The van der Waals surface area contributed by atoms with E-state index in [2.05, 4.69) is 213 Å². The van der Waals surface area contributed by atoms with Crippen molar-refractivity contribution in [3.8, 4) is 33.4 Å². The standard InChI is InChI=1S/C50H36N4/c1-5-15-34(16-6-1)39-25-28-41-43-32-38(37-26-29-44(51-40-21-11-4-12-22-40)42(31-37)35-17-7-2-8-18-35)27-30-45(43)52(48(41)33-39)50-49(36-19-9-3-10-20-36)53-46-23-13-14-24-47(46)54(50)53/h1-33,49-51H. The van der Waals surface area contributed by atoms with Crippen LogP contribution in [0, 0.1) is 0 Å². The Bertz CT molecular complexity index is 2950. The molecule has 0 bridgehead atoms. The molecule has 4 heteroatoms. The number of nitrogens with one attached hydrogen (secondary N) is 1. The van der Waals surface area contributed by atoms with Crippen LogP contribution in [-0.4, -0.2) is 13.9 Å². The Balaban J connectivity index is 1.11. The summed E-state index contributed by atoms with van der Waals surface area (Å²) < 4.78 is 7.56. The Morgan fingerprint density at radius 3 is 1.69 bits per heavy atom. The molecular formula is C50H36N4. The lowest BCUT2D eigenvalue weighted by Crippen LogP contribution is -2.49. The number of hydrogen-bond acceptors (Lipinski definition) is 1. The normalized spacial score (nSPS) is 15.0. The molecule has 0 radical (unpaired) electrons. The average molecular weight is 693 g/mol. The molecule has 0 fully saturated rings. The van der Waals surface area contributed by atoms with Gasteiger partial charge in [0, 0.05) is 27.7 Å². The zero-order chi connectivity index (χ0) is 35.6. The molecule has 8 aromatic carbocycles. The van der Waals surface area contributed by atoms with Gasteiger partial charge in [0.25, 0.3) is 0 Å². The molecule has 256 valence electrons. The second-order valence-corrected chi connectivity index (χ2v) is 14.3. The van der Waals surface area contributed by atoms with Crippen molar-refractivity contribution in [2.24, 2.45) is 0 Å². The third-order valence-electron chi connectivity index (χ3n) is 11.2. The van der Waals surface area contributed by atoms with Crippen molar-refractivity contribution in [1.29, 1.82) is 0 Å². The van der Waals surface area contributed by atoms with Gasteiger partial charge in [0.05, 0.1) is 22.1 Å². The Kier molecular flexibility index (Phi) is 6.96. The van der Waals surface area contributed by atoms with Crippen molar-refractivity contribution < 1.29 is 0 Å². The fourth-order valence-corrected chi connectivity index (χ4v) is 8.69. The van der Waals surface area contributed by atoms with Crippen LogP contribution in [-0.2, 0) is 0 Å². The number of nitrogens with zero attached hydrogens (tertiary/aromatic N) is 3. The first kappa shape index (κ1) is 30.6. The molecule has 0 saturated carbocycles. The first-order valence-corrected chi connectivity index (χ1v) is 18.7. The van der Waals surface area contributed by atoms with Crippen LogP contribution in [0.5, 0.6) is 0 Å². The van der Waals surface area contributed by atoms with Crippen LogP contribution in [0.4, 0.5) is 11.4 Å². The van der Waals surface area contributed by atoms with Crippen LogP contribution in [0.1, 0.15) is 17.8 Å². The summed E-state index contributed by atoms with van der Waals surface area (Å²) in [6.45, 7) is 0. The summed E-state index contributed by atoms with van der Waals surface area (Å²) in [7, 11) is 0. The summed E-state index contributed by atoms with van der Waals surface area (Å²) in [6, 6.07) is 72.7. The molecule has 54 heavy (non-hydrogen) atoms. The Hall–Kier alpha value is -7.04. The molecule has 2 atom stereocenters. The fraction of sp³-hybridized carbons (Fsp3) is 0.0400. The fourth-order valence-electron chi connectivity index (χ4n) is 8.69. The number of anilines is 2. The maximum absolute atomic E-state index is 3.68. The van der Waals surface area contributed by atoms with Gasteiger partial charge in [-0.3, -0.25) is 9.36 Å². The van der Waals surface area contributed by atoms with E-state index in [9.17, 15) is 0 Å². The molecule has 0 amide bonds. The minimum Gasteiger partial charge on any atom is -0.355 e. The van der Waals surface area contributed by atoms with E-state index < -0.39 is 0 Å². The topological polar surface area (TPSA) is 26.8 Å². The van der Waals surface area contributed by atoms with Gasteiger partial charge >= 0.3 is 0 Å². The first-order valence-electron chi connectivity index (χ1n) is 18.7. The summed E-state index contributed by atoms with van der Waals surface area (Å²) in [5.41, 5.74) is 15.7. The quantitative estimate of drug-likeness (QED) is 0.177. The molecule has 0 aliphatic carbocycles. The second kappa shape index (κ2) is 12.3. The van der Waals surface area contributed by atoms with E-state index in [0.29, 0.717) is 0 Å². The molecule has 4 nitrogen and oxygen atoms in total. The zero-order valence-corrected chi connectivity index (χ0v) is 29.5. The van der Waals surface area contributed by atoms with Gasteiger partial charge < -0.3 is 9.88 Å². The minimum absolute atomic E-state index is 0.0761. The van der Waals surface area contributed by atoms with Gasteiger partial charge in [-0.05, 0) is 88.0 Å².